The van der Waals surface area contributed by atoms with Gasteiger partial charge in [0, 0.05) is 35.8 Å². The molecular weight excluding hydrogens is 493 g/mol. The van der Waals surface area contributed by atoms with Gasteiger partial charge in [-0.25, -0.2) is 13.6 Å². The Bertz CT molecular complexity index is 897. The van der Waals surface area contributed by atoms with E-state index in [1.165, 1.54) is 6.07 Å². The Kier molecular flexibility index (Phi) is 7.37. The molecule has 1 heterocycles. The molecule has 0 atom stereocenters. The highest BCUT2D eigenvalue weighted by atomic mass is 127. The molecule has 154 valence electrons. The molecule has 2 aromatic carbocycles. The van der Waals surface area contributed by atoms with E-state index in [1.807, 2.05) is 29.2 Å². The fourth-order valence-corrected chi connectivity index (χ4v) is 3.59. The third-order valence-electron chi connectivity index (χ3n) is 4.56. The van der Waals surface area contributed by atoms with Gasteiger partial charge in [-0.05, 0) is 53.3 Å². The number of para-hydroxylation sites is 1. The number of urea groups is 1. The van der Waals surface area contributed by atoms with Crippen molar-refractivity contribution in [1.29, 1.82) is 0 Å². The molecule has 2 aromatic rings. The van der Waals surface area contributed by atoms with Crippen LogP contribution in [0.15, 0.2) is 42.5 Å². The van der Waals surface area contributed by atoms with Gasteiger partial charge in [-0.1, -0.05) is 12.1 Å². The topological polar surface area (TPSA) is 64.7 Å². The Balaban J connectivity index is 1.51. The second-order valence-corrected chi connectivity index (χ2v) is 7.86. The van der Waals surface area contributed by atoms with Gasteiger partial charge in [0.25, 0.3) is 0 Å². The number of rotatable bonds is 4. The lowest BCUT2D eigenvalue weighted by Crippen LogP contribution is -2.39. The van der Waals surface area contributed by atoms with E-state index in [-0.39, 0.29) is 24.2 Å². The van der Waals surface area contributed by atoms with E-state index in [2.05, 4.69) is 33.2 Å². The molecule has 1 aliphatic heterocycles. The van der Waals surface area contributed by atoms with Crippen molar-refractivity contribution in [1.82, 2.24) is 9.80 Å². The summed E-state index contributed by atoms with van der Waals surface area (Å²) in [6, 6.07) is 10.4. The predicted octanol–water partition coefficient (Wildman–Crippen LogP) is 3.75. The van der Waals surface area contributed by atoms with Crippen LogP contribution in [0.2, 0.25) is 0 Å². The number of hydrogen-bond acceptors (Lipinski definition) is 3. The first-order valence-electron chi connectivity index (χ1n) is 9.20. The quantitative estimate of drug-likeness (QED) is 0.612. The van der Waals surface area contributed by atoms with Gasteiger partial charge >= 0.3 is 6.03 Å². The Morgan fingerprint density at radius 1 is 0.966 bits per heavy atom. The molecule has 0 bridgehead atoms. The number of hydrogen-bond donors (Lipinski definition) is 2. The van der Waals surface area contributed by atoms with E-state index >= 15 is 0 Å². The number of carbonyl (C=O) groups is 2. The molecule has 0 unspecified atom stereocenters. The average Bonchev–Trinajstić information content (AvgIpc) is 2.91. The van der Waals surface area contributed by atoms with E-state index in [9.17, 15) is 18.4 Å². The Labute approximate surface area is 181 Å². The maximum absolute atomic E-state index is 13.7. The smallest absolute Gasteiger partial charge is 0.321 e. The normalized spacial score (nSPS) is 14.9. The van der Waals surface area contributed by atoms with Crippen molar-refractivity contribution in [2.45, 2.75) is 6.42 Å². The molecule has 0 spiro atoms. The first kappa shape index (κ1) is 21.4. The van der Waals surface area contributed by atoms with Gasteiger partial charge in [-0.3, -0.25) is 9.69 Å². The maximum Gasteiger partial charge on any atom is 0.321 e. The number of amides is 3. The summed E-state index contributed by atoms with van der Waals surface area (Å²) >= 11 is 2.17. The van der Waals surface area contributed by atoms with E-state index < -0.39 is 11.6 Å². The fraction of sp³-hybridized carbons (Fsp3) is 0.300. The summed E-state index contributed by atoms with van der Waals surface area (Å²) in [5.74, 6) is -1.89. The van der Waals surface area contributed by atoms with E-state index in [1.54, 1.807) is 4.90 Å². The van der Waals surface area contributed by atoms with Crippen molar-refractivity contribution in [3.8, 4) is 0 Å². The highest BCUT2D eigenvalue weighted by Gasteiger charge is 2.21. The summed E-state index contributed by atoms with van der Waals surface area (Å²) in [5.41, 5.74) is 0.713. The summed E-state index contributed by atoms with van der Waals surface area (Å²) in [7, 11) is 0. The lowest BCUT2D eigenvalue weighted by Gasteiger charge is -2.22. The molecule has 3 amide bonds. The first-order valence-corrected chi connectivity index (χ1v) is 10.3. The largest absolute Gasteiger partial charge is 0.323 e. The minimum absolute atomic E-state index is 0.0512. The molecule has 1 aliphatic rings. The Morgan fingerprint density at radius 3 is 2.52 bits per heavy atom. The van der Waals surface area contributed by atoms with E-state index in [4.69, 9.17) is 0 Å². The van der Waals surface area contributed by atoms with Crippen molar-refractivity contribution in [3.05, 3.63) is 57.7 Å². The van der Waals surface area contributed by atoms with Crippen LogP contribution < -0.4 is 10.6 Å². The van der Waals surface area contributed by atoms with Crippen LogP contribution in [0.5, 0.6) is 0 Å². The summed E-state index contributed by atoms with van der Waals surface area (Å²) in [5, 5.41) is 5.38. The van der Waals surface area contributed by atoms with Crippen molar-refractivity contribution in [2.75, 3.05) is 43.4 Å². The van der Waals surface area contributed by atoms with E-state index in [0.29, 0.717) is 26.2 Å². The molecule has 1 fully saturated rings. The number of benzene rings is 2. The summed E-state index contributed by atoms with van der Waals surface area (Å²) in [6.07, 6.45) is 0.720. The molecule has 29 heavy (non-hydrogen) atoms. The number of carbonyl (C=O) groups excluding carboxylic acids is 2. The molecule has 0 aromatic heterocycles. The zero-order chi connectivity index (χ0) is 20.8. The summed E-state index contributed by atoms with van der Waals surface area (Å²) in [6.45, 7) is 2.31. The van der Waals surface area contributed by atoms with Crippen LogP contribution in [0.3, 0.4) is 0 Å². The SMILES string of the molecule is O=C(CN1CCCN(C(=O)Nc2ccccc2I)CC1)Nc1ccc(F)cc1F. The zero-order valence-electron chi connectivity index (χ0n) is 15.6. The molecule has 9 heteroatoms. The second-order valence-electron chi connectivity index (χ2n) is 6.70. The monoisotopic (exact) mass is 514 g/mol. The van der Waals surface area contributed by atoms with E-state index in [0.717, 1.165) is 27.8 Å². The molecule has 2 N–H and O–H groups in total. The van der Waals surface area contributed by atoms with Crippen molar-refractivity contribution >= 4 is 45.9 Å². The number of nitrogens with zero attached hydrogens (tertiary/aromatic N) is 2. The van der Waals surface area contributed by atoms with Crippen molar-refractivity contribution < 1.29 is 18.4 Å². The molecular formula is C20H21F2IN4O2. The minimum atomic E-state index is -0.812. The summed E-state index contributed by atoms with van der Waals surface area (Å²) < 4.78 is 27.6. The van der Waals surface area contributed by atoms with Gasteiger partial charge < -0.3 is 15.5 Å². The van der Waals surface area contributed by atoms with Gasteiger partial charge in [0.15, 0.2) is 0 Å². The average molecular weight is 514 g/mol. The molecule has 1 saturated heterocycles. The highest BCUT2D eigenvalue weighted by Crippen LogP contribution is 2.18. The van der Waals surface area contributed by atoms with Gasteiger partial charge in [0.05, 0.1) is 17.9 Å². The Morgan fingerprint density at radius 2 is 1.76 bits per heavy atom. The lowest BCUT2D eigenvalue weighted by atomic mass is 10.3. The van der Waals surface area contributed by atoms with Gasteiger partial charge in [0.1, 0.15) is 11.6 Å². The van der Waals surface area contributed by atoms with Crippen LogP contribution in [0.1, 0.15) is 6.42 Å². The van der Waals surface area contributed by atoms with Crippen LogP contribution in [0.4, 0.5) is 25.0 Å². The van der Waals surface area contributed by atoms with Crippen molar-refractivity contribution in [2.24, 2.45) is 0 Å². The second kappa shape index (κ2) is 9.97. The predicted molar refractivity (Wildman–Crippen MR) is 116 cm³/mol. The first-order chi connectivity index (χ1) is 13.9. The fourth-order valence-electron chi connectivity index (χ4n) is 3.07. The molecule has 0 saturated carbocycles. The van der Waals surface area contributed by atoms with Gasteiger partial charge in [-0.2, -0.15) is 0 Å². The highest BCUT2D eigenvalue weighted by molar-refractivity contribution is 14.1. The lowest BCUT2D eigenvalue weighted by molar-refractivity contribution is -0.117. The zero-order valence-corrected chi connectivity index (χ0v) is 17.8. The molecule has 0 aliphatic carbocycles. The van der Waals surface area contributed by atoms with Crippen LogP contribution >= 0.6 is 22.6 Å². The third-order valence-corrected chi connectivity index (χ3v) is 5.50. The standard InChI is InChI=1S/C20H21F2IN4O2/c21-14-6-7-17(15(22)12-14)24-19(28)13-26-8-3-9-27(11-10-26)20(29)25-18-5-2-1-4-16(18)23/h1-2,4-7,12H,3,8-11,13H2,(H,24,28)(H,25,29). The third kappa shape index (κ3) is 6.10. The molecule has 0 radical (unpaired) electrons. The van der Waals surface area contributed by atoms with Gasteiger partial charge in [0.2, 0.25) is 5.91 Å². The van der Waals surface area contributed by atoms with Crippen LogP contribution in [-0.2, 0) is 4.79 Å². The maximum atomic E-state index is 13.7. The minimum Gasteiger partial charge on any atom is -0.323 e. The number of nitrogens with one attached hydrogen (secondary N) is 2. The van der Waals surface area contributed by atoms with Crippen LogP contribution in [0, 0.1) is 15.2 Å². The Hall–Kier alpha value is -2.27. The number of anilines is 2. The molecule has 3 rings (SSSR count). The molecule has 6 nitrogen and oxygen atoms in total. The number of halogens is 3. The van der Waals surface area contributed by atoms with Crippen LogP contribution in [0.25, 0.3) is 0 Å². The summed E-state index contributed by atoms with van der Waals surface area (Å²) in [4.78, 5) is 28.4. The van der Waals surface area contributed by atoms with Crippen molar-refractivity contribution in [3.63, 3.8) is 0 Å². The van der Waals surface area contributed by atoms with Crippen LogP contribution in [-0.4, -0.2) is 54.5 Å². The van der Waals surface area contributed by atoms with Gasteiger partial charge in [-0.15, -0.1) is 0 Å².